The predicted octanol–water partition coefficient (Wildman–Crippen LogP) is -3.03. The summed E-state index contributed by atoms with van der Waals surface area (Å²) in [5.41, 5.74) is 0. The van der Waals surface area contributed by atoms with Crippen LogP contribution in [0.2, 0.25) is 39.3 Å². The zero-order valence-corrected chi connectivity index (χ0v) is 18.3. The van der Waals surface area contributed by atoms with E-state index in [9.17, 15) is 0 Å². The Morgan fingerprint density at radius 1 is 0.579 bits per heavy atom. The van der Waals surface area contributed by atoms with Crippen LogP contribution in [-0.2, 0) is 0 Å². The van der Waals surface area contributed by atoms with Crippen LogP contribution < -0.4 is 37.7 Å². The molecule has 0 rings (SSSR count). The molecular weight excluding hydrogens is 274 g/mol. The topological polar surface area (TPSA) is 34.7 Å². The predicted molar refractivity (Wildman–Crippen MR) is 86.5 cm³/mol. The van der Waals surface area contributed by atoms with Crippen molar-refractivity contribution in [2.75, 3.05) is 28.2 Å². The molecular formula is C10H30Li2N4Si3. The quantitative estimate of drug-likeness (QED) is 0.489. The molecule has 0 aliphatic carbocycles. The molecule has 0 aromatic carbocycles. The molecule has 0 aromatic rings. The van der Waals surface area contributed by atoms with Gasteiger partial charge in [0, 0.05) is 0 Å². The van der Waals surface area contributed by atoms with E-state index in [0.29, 0.717) is 0 Å². The molecule has 0 saturated carbocycles. The van der Waals surface area contributed by atoms with E-state index in [1.165, 1.54) is 0 Å². The molecule has 0 aliphatic rings. The van der Waals surface area contributed by atoms with Crippen LogP contribution in [0.1, 0.15) is 0 Å². The Kier molecular flexibility index (Phi) is 12.1. The first-order valence-electron chi connectivity index (χ1n) is 6.13. The molecule has 9 heteroatoms. The second-order valence-electron chi connectivity index (χ2n) is 6.95. The van der Waals surface area contributed by atoms with Gasteiger partial charge in [0.2, 0.25) is 0 Å². The first-order valence-corrected chi connectivity index (χ1v) is 14.8. The van der Waals surface area contributed by atoms with Gasteiger partial charge in [0.05, 0.1) is 0 Å². The Morgan fingerprint density at radius 2 is 0.789 bits per heavy atom. The van der Waals surface area contributed by atoms with Crippen LogP contribution in [0.15, 0.2) is 0 Å². The average Bonchev–Trinajstić information content (AvgIpc) is 1.96. The van der Waals surface area contributed by atoms with Crippen molar-refractivity contribution in [3.8, 4) is 0 Å². The largest absolute Gasteiger partial charge is 1.00 e. The van der Waals surface area contributed by atoms with Gasteiger partial charge < -0.3 is 18.4 Å². The Balaban J connectivity index is -0.00000128. The summed E-state index contributed by atoms with van der Waals surface area (Å²) in [5.74, 6) is 0. The summed E-state index contributed by atoms with van der Waals surface area (Å²) in [4.78, 5) is 0. The van der Waals surface area contributed by atoms with E-state index in [1.54, 1.807) is 0 Å². The first-order chi connectivity index (χ1) is 7.30. The summed E-state index contributed by atoms with van der Waals surface area (Å²) in [6.07, 6.45) is 0. The molecule has 0 N–H and O–H groups in total. The standard InChI is InChI=1S/C10H30N4Si3.2Li/c1-13(2)17(14(3)4,11-15(5,6)7)12-16(8,9)10;;/h1-10H3;;/q-2;2*+1. The van der Waals surface area contributed by atoms with E-state index < -0.39 is 25.2 Å². The van der Waals surface area contributed by atoms with Gasteiger partial charge in [0.25, 0.3) is 0 Å². The van der Waals surface area contributed by atoms with Gasteiger partial charge in [0.1, 0.15) is 0 Å². The van der Waals surface area contributed by atoms with Gasteiger partial charge in [-0.15, -0.1) is 0 Å². The molecule has 0 aliphatic heterocycles. The Bertz CT molecular complexity index is 226. The van der Waals surface area contributed by atoms with Crippen LogP contribution >= 0.6 is 0 Å². The van der Waals surface area contributed by atoms with E-state index in [2.05, 4.69) is 76.6 Å². The number of nitrogens with zero attached hydrogens (tertiary/aromatic N) is 4. The average molecular weight is 305 g/mol. The zero-order chi connectivity index (χ0) is 14.1. The summed E-state index contributed by atoms with van der Waals surface area (Å²) in [6.45, 7) is 13.8. The molecule has 0 saturated heterocycles. The molecule has 0 fully saturated rings. The van der Waals surface area contributed by atoms with Crippen molar-refractivity contribution in [2.45, 2.75) is 39.3 Å². The molecule has 19 heavy (non-hydrogen) atoms. The van der Waals surface area contributed by atoms with Crippen LogP contribution in [-0.4, -0.2) is 62.5 Å². The third-order valence-electron chi connectivity index (χ3n) is 2.17. The molecule has 0 amide bonds. The van der Waals surface area contributed by atoms with Crippen molar-refractivity contribution in [2.24, 2.45) is 0 Å². The third kappa shape index (κ3) is 9.33. The fourth-order valence-corrected chi connectivity index (χ4v) is 13.6. The van der Waals surface area contributed by atoms with E-state index in [1.807, 2.05) is 0 Å². The normalized spacial score (nSPS) is 13.3. The SMILES string of the molecule is CN(C)[Si]([N-][Si](C)(C)C)([N-][Si](C)(C)C)N(C)C.[Li+].[Li+]. The number of rotatable bonds is 6. The van der Waals surface area contributed by atoms with Crippen LogP contribution in [0.5, 0.6) is 0 Å². The van der Waals surface area contributed by atoms with Crippen molar-refractivity contribution in [3.63, 3.8) is 0 Å². The number of hydrogen-bond donors (Lipinski definition) is 0. The van der Waals surface area contributed by atoms with Gasteiger partial charge in [-0.1, -0.05) is 55.8 Å². The Hall–Kier alpha value is 1.69. The minimum Gasteiger partial charge on any atom is -0.657 e. The fourth-order valence-electron chi connectivity index (χ4n) is 1.73. The zero-order valence-electron chi connectivity index (χ0n) is 15.3. The van der Waals surface area contributed by atoms with E-state index in [-0.39, 0.29) is 37.7 Å². The van der Waals surface area contributed by atoms with Crippen LogP contribution in [0.25, 0.3) is 9.30 Å². The first kappa shape index (κ1) is 25.6. The summed E-state index contributed by atoms with van der Waals surface area (Å²) in [5, 5.41) is 0. The molecule has 0 heterocycles. The monoisotopic (exact) mass is 304 g/mol. The summed E-state index contributed by atoms with van der Waals surface area (Å²) < 4.78 is 15.0. The van der Waals surface area contributed by atoms with Crippen molar-refractivity contribution in [1.82, 2.24) is 9.13 Å². The van der Waals surface area contributed by atoms with Gasteiger partial charge >= 0.3 is 37.7 Å². The molecule has 0 unspecified atom stereocenters. The smallest absolute Gasteiger partial charge is 0.657 e. The Morgan fingerprint density at radius 3 is 0.895 bits per heavy atom. The van der Waals surface area contributed by atoms with Crippen molar-refractivity contribution >= 4 is 25.2 Å². The van der Waals surface area contributed by atoms with Gasteiger partial charge in [-0.05, 0) is 36.9 Å². The molecule has 0 bridgehead atoms. The van der Waals surface area contributed by atoms with Crippen molar-refractivity contribution in [1.29, 1.82) is 0 Å². The second-order valence-corrected chi connectivity index (χ2v) is 20.4. The van der Waals surface area contributed by atoms with Crippen molar-refractivity contribution in [3.05, 3.63) is 9.30 Å². The number of hydrogen-bond acceptors (Lipinski definition) is 2. The molecule has 0 radical (unpaired) electrons. The van der Waals surface area contributed by atoms with Gasteiger partial charge in [-0.25, -0.2) is 0 Å². The molecule has 0 spiro atoms. The minimum atomic E-state index is -2.18. The maximum absolute atomic E-state index is 5.22. The summed E-state index contributed by atoms with van der Waals surface area (Å²) in [6, 6.07) is 0. The van der Waals surface area contributed by atoms with Crippen LogP contribution in [0.4, 0.5) is 0 Å². The Labute approximate surface area is 148 Å². The molecule has 4 nitrogen and oxygen atoms in total. The fraction of sp³-hybridized carbons (Fsp3) is 1.00. The summed E-state index contributed by atoms with van der Waals surface area (Å²) in [7, 11) is 3.34. The molecule has 0 atom stereocenters. The van der Waals surface area contributed by atoms with Crippen LogP contribution in [0.3, 0.4) is 0 Å². The van der Waals surface area contributed by atoms with Crippen LogP contribution in [0, 0.1) is 0 Å². The van der Waals surface area contributed by atoms with Gasteiger partial charge in [-0.2, -0.15) is 0 Å². The van der Waals surface area contributed by atoms with Gasteiger partial charge in [0.15, 0.2) is 0 Å². The third-order valence-corrected chi connectivity index (χ3v) is 12.3. The molecule has 0 aromatic heterocycles. The summed E-state index contributed by atoms with van der Waals surface area (Å²) >= 11 is 0. The van der Waals surface area contributed by atoms with Crippen molar-refractivity contribution < 1.29 is 37.7 Å². The minimum absolute atomic E-state index is 0. The molecule has 104 valence electrons. The second kappa shape index (κ2) is 8.97. The maximum atomic E-state index is 5.22. The van der Waals surface area contributed by atoms with E-state index in [0.717, 1.165) is 0 Å². The van der Waals surface area contributed by atoms with E-state index in [4.69, 9.17) is 9.30 Å². The van der Waals surface area contributed by atoms with Gasteiger partial charge in [-0.3, -0.25) is 0 Å². The van der Waals surface area contributed by atoms with E-state index >= 15 is 0 Å². The maximum Gasteiger partial charge on any atom is 1.00 e.